The van der Waals surface area contributed by atoms with Crippen molar-refractivity contribution < 1.29 is 5.11 Å². The first-order chi connectivity index (χ1) is 6.40. The van der Waals surface area contributed by atoms with Crippen molar-refractivity contribution in [3.63, 3.8) is 0 Å². The van der Waals surface area contributed by atoms with Crippen LogP contribution in [0.25, 0.3) is 0 Å². The van der Waals surface area contributed by atoms with Crippen LogP contribution in [0.4, 0.5) is 11.6 Å². The molecule has 0 amide bonds. The van der Waals surface area contributed by atoms with Crippen molar-refractivity contribution in [2.75, 3.05) is 11.5 Å². The largest absolute Gasteiger partial charge is 0.382 e. The van der Waals surface area contributed by atoms with E-state index in [0.717, 1.165) is 0 Å². The zero-order valence-corrected chi connectivity index (χ0v) is 8.07. The maximum absolute atomic E-state index is 9.36. The molecule has 0 unspecified atom stereocenters. The minimum atomic E-state index is -1.09. The van der Waals surface area contributed by atoms with E-state index in [0.29, 0.717) is 5.56 Å². The molecule has 0 saturated carbocycles. The van der Waals surface area contributed by atoms with Crippen LogP contribution in [0.2, 0.25) is 0 Å². The monoisotopic (exact) mass is 192 g/mol. The summed E-state index contributed by atoms with van der Waals surface area (Å²) >= 11 is 0. The molecule has 1 aromatic rings. The zero-order valence-electron chi connectivity index (χ0n) is 8.07. The number of hydrogen-bond donors (Lipinski definition) is 3. The molecule has 0 saturated heterocycles. The molecule has 14 heavy (non-hydrogen) atoms. The third-order valence-corrected chi connectivity index (χ3v) is 1.40. The molecule has 5 N–H and O–H groups in total. The van der Waals surface area contributed by atoms with E-state index in [-0.39, 0.29) is 11.6 Å². The van der Waals surface area contributed by atoms with Crippen LogP contribution in [0.5, 0.6) is 0 Å². The molecule has 0 aliphatic heterocycles. The molecule has 1 aromatic heterocycles. The second-order valence-electron chi connectivity index (χ2n) is 3.33. The minimum absolute atomic E-state index is 0.217. The Balaban J connectivity index is 3.13. The lowest BCUT2D eigenvalue weighted by atomic mass is 10.1. The van der Waals surface area contributed by atoms with E-state index in [2.05, 4.69) is 21.8 Å². The summed E-state index contributed by atoms with van der Waals surface area (Å²) in [7, 11) is 0. The normalized spacial score (nSPS) is 10.5. The van der Waals surface area contributed by atoms with Crippen molar-refractivity contribution in [1.82, 2.24) is 9.97 Å². The van der Waals surface area contributed by atoms with Gasteiger partial charge in [0.1, 0.15) is 29.1 Å². The maximum atomic E-state index is 9.36. The zero-order chi connectivity index (χ0) is 10.8. The topological polar surface area (TPSA) is 98.0 Å². The van der Waals surface area contributed by atoms with Crippen LogP contribution in [0.3, 0.4) is 0 Å². The second-order valence-corrected chi connectivity index (χ2v) is 3.33. The highest BCUT2D eigenvalue weighted by Gasteiger charge is 2.08. The highest BCUT2D eigenvalue weighted by molar-refractivity contribution is 5.61. The minimum Gasteiger partial charge on any atom is -0.382 e. The molecule has 5 nitrogen and oxygen atoms in total. The number of aliphatic hydroxyl groups is 1. The summed E-state index contributed by atoms with van der Waals surface area (Å²) in [5, 5.41) is 9.36. The standard InChI is InChI=1S/C9H12N4O/c1-9(2,14)4-3-6-7(10)12-5-13-8(6)11/h5,14H,1-2H3,(H4,10,11,12,13). The van der Waals surface area contributed by atoms with E-state index >= 15 is 0 Å². The summed E-state index contributed by atoms with van der Waals surface area (Å²) in [6.45, 7) is 3.13. The number of anilines is 2. The van der Waals surface area contributed by atoms with Gasteiger partial charge < -0.3 is 16.6 Å². The molecule has 0 aliphatic carbocycles. The van der Waals surface area contributed by atoms with Gasteiger partial charge in [0.15, 0.2) is 0 Å². The van der Waals surface area contributed by atoms with Gasteiger partial charge in [0.2, 0.25) is 0 Å². The maximum Gasteiger partial charge on any atom is 0.144 e. The molecular weight excluding hydrogens is 180 g/mol. The summed E-state index contributed by atoms with van der Waals surface area (Å²) in [6.07, 6.45) is 1.26. The van der Waals surface area contributed by atoms with E-state index in [4.69, 9.17) is 11.5 Å². The Hall–Kier alpha value is -1.80. The van der Waals surface area contributed by atoms with Crippen LogP contribution in [0.15, 0.2) is 6.33 Å². The predicted molar refractivity (Wildman–Crippen MR) is 54.0 cm³/mol. The molecule has 0 fully saturated rings. The summed E-state index contributed by atoms with van der Waals surface area (Å²) in [6, 6.07) is 0. The van der Waals surface area contributed by atoms with Crippen LogP contribution in [-0.2, 0) is 0 Å². The highest BCUT2D eigenvalue weighted by atomic mass is 16.3. The van der Waals surface area contributed by atoms with Crippen molar-refractivity contribution in [2.45, 2.75) is 19.4 Å². The first-order valence-electron chi connectivity index (χ1n) is 4.01. The van der Waals surface area contributed by atoms with Crippen molar-refractivity contribution in [3.05, 3.63) is 11.9 Å². The lowest BCUT2D eigenvalue weighted by Gasteiger charge is -2.06. The van der Waals surface area contributed by atoms with E-state index in [1.165, 1.54) is 6.33 Å². The van der Waals surface area contributed by atoms with Crippen LogP contribution in [-0.4, -0.2) is 20.7 Å². The van der Waals surface area contributed by atoms with Gasteiger partial charge in [-0.15, -0.1) is 0 Å². The molecule has 0 aromatic carbocycles. The molecule has 0 bridgehead atoms. The number of nitrogen functional groups attached to an aromatic ring is 2. The molecule has 1 rings (SSSR count). The van der Waals surface area contributed by atoms with Gasteiger partial charge in [0.05, 0.1) is 0 Å². The number of nitrogens with two attached hydrogens (primary N) is 2. The average Bonchev–Trinajstić information content (AvgIpc) is 2.01. The molecule has 1 heterocycles. The van der Waals surface area contributed by atoms with Crippen molar-refractivity contribution >= 4 is 11.6 Å². The first-order valence-corrected chi connectivity index (χ1v) is 4.01. The van der Waals surface area contributed by atoms with Crippen molar-refractivity contribution in [3.8, 4) is 11.8 Å². The van der Waals surface area contributed by atoms with E-state index in [1.807, 2.05) is 0 Å². The fourth-order valence-corrected chi connectivity index (χ4v) is 0.757. The lowest BCUT2D eigenvalue weighted by molar-refractivity contribution is 0.143. The molecule has 0 spiro atoms. The number of rotatable bonds is 0. The molecule has 5 heteroatoms. The Kier molecular flexibility index (Phi) is 2.58. The van der Waals surface area contributed by atoms with Gasteiger partial charge >= 0.3 is 0 Å². The SMILES string of the molecule is CC(C)(O)C#Cc1c(N)ncnc1N. The van der Waals surface area contributed by atoms with Gasteiger partial charge in [-0.1, -0.05) is 11.8 Å². The van der Waals surface area contributed by atoms with Crippen LogP contribution < -0.4 is 11.5 Å². The Morgan fingerprint density at radius 1 is 1.29 bits per heavy atom. The van der Waals surface area contributed by atoms with Crippen molar-refractivity contribution in [1.29, 1.82) is 0 Å². The Labute approximate surface area is 82.2 Å². The van der Waals surface area contributed by atoms with E-state index in [1.54, 1.807) is 13.8 Å². The fraction of sp³-hybridized carbons (Fsp3) is 0.333. The lowest BCUT2D eigenvalue weighted by Crippen LogP contribution is -2.14. The summed E-state index contributed by atoms with van der Waals surface area (Å²) in [4.78, 5) is 7.49. The van der Waals surface area contributed by atoms with E-state index < -0.39 is 5.60 Å². The summed E-state index contributed by atoms with van der Waals surface area (Å²) in [5.74, 6) is 5.67. The fourth-order valence-electron chi connectivity index (χ4n) is 0.757. The molecular formula is C9H12N4O. The van der Waals surface area contributed by atoms with Crippen LogP contribution in [0, 0.1) is 11.8 Å². The third kappa shape index (κ3) is 2.61. The van der Waals surface area contributed by atoms with Gasteiger partial charge in [-0.05, 0) is 13.8 Å². The predicted octanol–water partition coefficient (Wildman–Crippen LogP) is -0.237. The smallest absolute Gasteiger partial charge is 0.144 e. The summed E-state index contributed by atoms with van der Waals surface area (Å²) < 4.78 is 0. The second kappa shape index (κ2) is 3.52. The quantitative estimate of drug-likeness (QED) is 0.493. The Bertz CT molecular complexity index is 377. The average molecular weight is 192 g/mol. The molecule has 0 atom stereocenters. The number of hydrogen-bond acceptors (Lipinski definition) is 5. The third-order valence-electron chi connectivity index (χ3n) is 1.40. The van der Waals surface area contributed by atoms with Gasteiger partial charge in [-0.25, -0.2) is 9.97 Å². The van der Waals surface area contributed by atoms with Crippen molar-refractivity contribution in [2.24, 2.45) is 0 Å². The molecule has 74 valence electrons. The summed E-state index contributed by atoms with van der Waals surface area (Å²) in [5.41, 5.74) is 10.3. The first kappa shape index (κ1) is 10.3. The van der Waals surface area contributed by atoms with Crippen LogP contribution in [0.1, 0.15) is 19.4 Å². The Morgan fingerprint density at radius 3 is 2.21 bits per heavy atom. The van der Waals surface area contributed by atoms with Gasteiger partial charge in [0.25, 0.3) is 0 Å². The van der Waals surface area contributed by atoms with Gasteiger partial charge in [-0.3, -0.25) is 0 Å². The van der Waals surface area contributed by atoms with Gasteiger partial charge in [0, 0.05) is 0 Å². The highest BCUT2D eigenvalue weighted by Crippen LogP contribution is 2.12. The van der Waals surface area contributed by atoms with Gasteiger partial charge in [-0.2, -0.15) is 0 Å². The molecule has 0 radical (unpaired) electrons. The number of nitrogens with zero attached hydrogens (tertiary/aromatic N) is 2. The molecule has 0 aliphatic rings. The number of aromatic nitrogens is 2. The van der Waals surface area contributed by atoms with Crippen LogP contribution >= 0.6 is 0 Å². The Morgan fingerprint density at radius 2 is 1.79 bits per heavy atom. The van der Waals surface area contributed by atoms with E-state index in [9.17, 15) is 5.11 Å².